The second-order valence-electron chi connectivity index (χ2n) is 4.73. The van der Waals surface area contributed by atoms with E-state index in [9.17, 15) is 19.2 Å². The Labute approximate surface area is 124 Å². The quantitative estimate of drug-likeness (QED) is 0.811. The molecule has 0 bridgehead atoms. The van der Waals surface area contributed by atoms with Crippen molar-refractivity contribution in [2.75, 3.05) is 11.9 Å². The number of rotatable bonds is 3. The fourth-order valence-electron chi connectivity index (χ4n) is 2.22. The third-order valence-corrected chi connectivity index (χ3v) is 3.25. The molecule has 2 heterocycles. The van der Waals surface area contributed by atoms with Gasteiger partial charge >= 0.3 is 0 Å². The molecule has 110 valence electrons. The number of amides is 3. The van der Waals surface area contributed by atoms with E-state index in [2.05, 4.69) is 10.3 Å². The van der Waals surface area contributed by atoms with E-state index in [4.69, 9.17) is 0 Å². The Bertz CT molecular complexity index is 785. The van der Waals surface area contributed by atoms with Crippen LogP contribution in [0.4, 0.5) is 5.69 Å². The molecule has 0 radical (unpaired) electrons. The van der Waals surface area contributed by atoms with Crippen LogP contribution in [0.5, 0.6) is 0 Å². The van der Waals surface area contributed by atoms with Gasteiger partial charge in [-0.25, -0.2) is 0 Å². The van der Waals surface area contributed by atoms with Gasteiger partial charge in [0, 0.05) is 12.3 Å². The van der Waals surface area contributed by atoms with Crippen LogP contribution in [0.15, 0.2) is 47.4 Å². The number of H-pyrrole nitrogens is 1. The number of hydrogen-bond acceptors (Lipinski definition) is 4. The summed E-state index contributed by atoms with van der Waals surface area (Å²) in [5, 5.41) is 2.51. The smallest absolute Gasteiger partial charge is 0.262 e. The van der Waals surface area contributed by atoms with Gasteiger partial charge < -0.3 is 10.3 Å². The minimum Gasteiger partial charge on any atom is -0.327 e. The third-order valence-electron chi connectivity index (χ3n) is 3.25. The number of benzene rings is 1. The van der Waals surface area contributed by atoms with Crippen molar-refractivity contribution in [1.29, 1.82) is 0 Å². The standard InChI is InChI=1S/C15H11N3O4/c19-12-6-5-9(7-16-12)17-13(20)8-18-14(21)10-3-1-2-4-11(10)15(18)22/h1-7H,8H2,(H,16,19)(H,17,20). The molecule has 2 aromatic rings. The van der Waals surface area contributed by atoms with Crippen molar-refractivity contribution in [2.45, 2.75) is 0 Å². The second kappa shape index (κ2) is 5.28. The highest BCUT2D eigenvalue weighted by molar-refractivity contribution is 6.22. The van der Waals surface area contributed by atoms with Gasteiger partial charge in [-0.2, -0.15) is 0 Å². The molecule has 3 amide bonds. The molecule has 1 aliphatic rings. The molecule has 0 aliphatic carbocycles. The Balaban J connectivity index is 1.73. The molecule has 22 heavy (non-hydrogen) atoms. The van der Waals surface area contributed by atoms with Crippen LogP contribution in [0.1, 0.15) is 20.7 Å². The van der Waals surface area contributed by atoms with E-state index in [0.29, 0.717) is 16.8 Å². The number of aromatic nitrogens is 1. The van der Waals surface area contributed by atoms with Crippen molar-refractivity contribution in [3.8, 4) is 0 Å². The first-order valence-electron chi connectivity index (χ1n) is 6.50. The van der Waals surface area contributed by atoms with Gasteiger partial charge in [0.2, 0.25) is 11.5 Å². The predicted octanol–water partition coefficient (Wildman–Crippen LogP) is 0.610. The Kier molecular flexibility index (Phi) is 3.30. The number of fused-ring (bicyclic) bond motifs is 1. The molecule has 0 saturated carbocycles. The van der Waals surface area contributed by atoms with Crippen LogP contribution < -0.4 is 10.9 Å². The topological polar surface area (TPSA) is 99.3 Å². The maximum Gasteiger partial charge on any atom is 0.262 e. The molecule has 0 atom stereocenters. The molecule has 0 saturated heterocycles. The molecule has 1 aromatic carbocycles. The number of imide groups is 1. The maximum atomic E-state index is 12.1. The number of hydrogen-bond donors (Lipinski definition) is 2. The van der Waals surface area contributed by atoms with E-state index in [-0.39, 0.29) is 12.1 Å². The molecule has 7 nitrogen and oxygen atoms in total. The van der Waals surface area contributed by atoms with Crippen LogP contribution in [-0.2, 0) is 4.79 Å². The average molecular weight is 297 g/mol. The second-order valence-corrected chi connectivity index (χ2v) is 4.73. The highest BCUT2D eigenvalue weighted by Crippen LogP contribution is 2.22. The maximum absolute atomic E-state index is 12.1. The molecule has 1 aromatic heterocycles. The first-order chi connectivity index (χ1) is 10.6. The fraction of sp³-hybridized carbons (Fsp3) is 0.0667. The Morgan fingerprint density at radius 3 is 2.18 bits per heavy atom. The first kappa shape index (κ1) is 13.7. The van der Waals surface area contributed by atoms with E-state index in [1.54, 1.807) is 24.3 Å². The first-order valence-corrected chi connectivity index (χ1v) is 6.50. The summed E-state index contributed by atoms with van der Waals surface area (Å²) < 4.78 is 0. The number of pyridine rings is 1. The zero-order valence-electron chi connectivity index (χ0n) is 11.3. The lowest BCUT2D eigenvalue weighted by Gasteiger charge is -2.13. The fourth-order valence-corrected chi connectivity index (χ4v) is 2.22. The summed E-state index contributed by atoms with van der Waals surface area (Å²) in [6.07, 6.45) is 1.34. The van der Waals surface area contributed by atoms with Crippen molar-refractivity contribution in [3.05, 3.63) is 64.1 Å². The molecule has 7 heteroatoms. The van der Waals surface area contributed by atoms with Crippen molar-refractivity contribution < 1.29 is 14.4 Å². The van der Waals surface area contributed by atoms with Gasteiger partial charge in [-0.3, -0.25) is 24.1 Å². The lowest BCUT2D eigenvalue weighted by Crippen LogP contribution is -2.37. The van der Waals surface area contributed by atoms with Crippen molar-refractivity contribution in [2.24, 2.45) is 0 Å². The van der Waals surface area contributed by atoms with Gasteiger partial charge in [0.05, 0.1) is 16.8 Å². The Hall–Kier alpha value is -3.22. The van der Waals surface area contributed by atoms with Gasteiger partial charge in [0.15, 0.2) is 0 Å². The summed E-state index contributed by atoms with van der Waals surface area (Å²) in [6.45, 7) is -0.383. The normalized spacial score (nSPS) is 13.2. The van der Waals surface area contributed by atoms with E-state index >= 15 is 0 Å². The van der Waals surface area contributed by atoms with Gasteiger partial charge in [-0.1, -0.05) is 12.1 Å². The summed E-state index contributed by atoms with van der Waals surface area (Å²) in [5.41, 5.74) is 0.674. The van der Waals surface area contributed by atoms with E-state index in [0.717, 1.165) is 4.90 Å². The minimum atomic E-state index is -0.526. The number of carbonyl (C=O) groups excluding carboxylic acids is 3. The van der Waals surface area contributed by atoms with Crippen LogP contribution in [0.3, 0.4) is 0 Å². The van der Waals surface area contributed by atoms with Gasteiger partial charge in [-0.15, -0.1) is 0 Å². The molecule has 0 fully saturated rings. The molecule has 3 rings (SSSR count). The van der Waals surface area contributed by atoms with E-state index in [1.807, 2.05) is 0 Å². The highest BCUT2D eigenvalue weighted by atomic mass is 16.2. The summed E-state index contributed by atoms with van der Waals surface area (Å²) >= 11 is 0. The minimum absolute atomic E-state index is 0.293. The van der Waals surface area contributed by atoms with E-state index in [1.165, 1.54) is 18.3 Å². The van der Waals surface area contributed by atoms with Gasteiger partial charge in [0.25, 0.3) is 11.8 Å². The largest absolute Gasteiger partial charge is 0.327 e. The third kappa shape index (κ3) is 2.39. The lowest BCUT2D eigenvalue weighted by atomic mass is 10.1. The zero-order chi connectivity index (χ0) is 15.7. The van der Waals surface area contributed by atoms with Crippen LogP contribution in [0.25, 0.3) is 0 Å². The van der Waals surface area contributed by atoms with Crippen molar-refractivity contribution in [1.82, 2.24) is 9.88 Å². The zero-order valence-corrected chi connectivity index (χ0v) is 11.3. The SMILES string of the molecule is O=C(CN1C(=O)c2ccccc2C1=O)Nc1ccc(=O)[nH]c1. The van der Waals surface area contributed by atoms with Gasteiger partial charge in [-0.05, 0) is 18.2 Å². The molecule has 2 N–H and O–H groups in total. The number of carbonyl (C=O) groups is 3. The van der Waals surface area contributed by atoms with Crippen molar-refractivity contribution >= 4 is 23.4 Å². The summed E-state index contributed by atoms with van der Waals surface area (Å²) in [7, 11) is 0. The summed E-state index contributed by atoms with van der Waals surface area (Å²) in [6, 6.07) is 9.11. The predicted molar refractivity (Wildman–Crippen MR) is 77.5 cm³/mol. The molecule has 0 unspecified atom stereocenters. The van der Waals surface area contributed by atoms with Gasteiger partial charge in [0.1, 0.15) is 6.54 Å². The number of aromatic amines is 1. The molecular weight excluding hydrogens is 286 g/mol. The average Bonchev–Trinajstić information content (AvgIpc) is 2.75. The van der Waals surface area contributed by atoms with E-state index < -0.39 is 17.7 Å². The highest BCUT2D eigenvalue weighted by Gasteiger charge is 2.36. The van der Waals surface area contributed by atoms with Crippen LogP contribution >= 0.6 is 0 Å². The number of nitrogens with one attached hydrogen (secondary N) is 2. The van der Waals surface area contributed by atoms with Crippen LogP contribution in [0.2, 0.25) is 0 Å². The van der Waals surface area contributed by atoms with Crippen molar-refractivity contribution in [3.63, 3.8) is 0 Å². The van der Waals surface area contributed by atoms with Crippen LogP contribution in [-0.4, -0.2) is 34.2 Å². The molecule has 0 spiro atoms. The van der Waals surface area contributed by atoms with Crippen LogP contribution in [0, 0.1) is 0 Å². The Morgan fingerprint density at radius 2 is 1.64 bits per heavy atom. The number of nitrogens with zero attached hydrogens (tertiary/aromatic N) is 1. The summed E-state index contributed by atoms with van der Waals surface area (Å²) in [4.78, 5) is 50.4. The summed E-state index contributed by atoms with van der Waals surface area (Å²) in [5.74, 6) is -1.50. The number of anilines is 1. The Morgan fingerprint density at radius 1 is 1.00 bits per heavy atom. The monoisotopic (exact) mass is 297 g/mol. The molecule has 1 aliphatic heterocycles. The molecular formula is C15H11N3O4. The lowest BCUT2D eigenvalue weighted by molar-refractivity contribution is -0.116.